The van der Waals surface area contributed by atoms with Crippen molar-refractivity contribution < 1.29 is 19.1 Å². The maximum atomic E-state index is 13.2. The second-order valence-corrected chi connectivity index (χ2v) is 8.79. The van der Waals surface area contributed by atoms with Gasteiger partial charge < -0.3 is 14.8 Å². The highest BCUT2D eigenvalue weighted by atomic mass is 35.5. The number of rotatable bonds is 5. The smallest absolute Gasteiger partial charge is 0.225 e. The van der Waals surface area contributed by atoms with Crippen molar-refractivity contribution in [3.8, 4) is 11.5 Å². The second-order valence-electron chi connectivity index (χ2n) is 8.35. The molecular formula is C25H26ClNO4. The van der Waals surface area contributed by atoms with Crippen LogP contribution in [0.1, 0.15) is 56.1 Å². The van der Waals surface area contributed by atoms with Crippen LogP contribution in [0.25, 0.3) is 0 Å². The van der Waals surface area contributed by atoms with Gasteiger partial charge in [0, 0.05) is 35.1 Å². The first-order valence-electron chi connectivity index (χ1n) is 10.5. The molecule has 1 heterocycles. The molecule has 0 aromatic heterocycles. The second kappa shape index (κ2) is 8.75. The standard InChI is InChI=1S/C25H26ClNO4/c1-14(2)31-22-9-6-16(12-23(22)30-3)17-10-20-25(21(28)11-17)19(13-24(29)27-20)15-4-7-18(26)8-5-15/h4-9,12,14,17,19H,10-11,13H2,1-3H3,(H,27,29). The molecule has 0 saturated carbocycles. The summed E-state index contributed by atoms with van der Waals surface area (Å²) >= 11 is 6.02. The minimum absolute atomic E-state index is 0.0301. The van der Waals surface area contributed by atoms with Gasteiger partial charge in [0.1, 0.15) is 0 Å². The lowest BCUT2D eigenvalue weighted by atomic mass is 9.73. The van der Waals surface area contributed by atoms with Gasteiger partial charge in [-0.2, -0.15) is 0 Å². The number of hydrogen-bond donors (Lipinski definition) is 1. The van der Waals surface area contributed by atoms with Crippen molar-refractivity contribution >= 4 is 23.3 Å². The maximum Gasteiger partial charge on any atom is 0.225 e. The number of carbonyl (C=O) groups excluding carboxylic acids is 2. The highest BCUT2D eigenvalue weighted by molar-refractivity contribution is 6.30. The Kier molecular flexibility index (Phi) is 6.05. The number of amides is 1. The summed E-state index contributed by atoms with van der Waals surface area (Å²) in [6, 6.07) is 13.2. The molecule has 2 aromatic rings. The molecule has 2 aromatic carbocycles. The van der Waals surface area contributed by atoms with Crippen molar-refractivity contribution in [2.24, 2.45) is 0 Å². The van der Waals surface area contributed by atoms with E-state index in [-0.39, 0.29) is 36.1 Å². The topological polar surface area (TPSA) is 64.6 Å². The third-order valence-electron chi connectivity index (χ3n) is 5.83. The first-order valence-corrected chi connectivity index (χ1v) is 10.9. The van der Waals surface area contributed by atoms with Crippen molar-refractivity contribution in [1.29, 1.82) is 0 Å². The van der Waals surface area contributed by atoms with Crippen molar-refractivity contribution in [3.63, 3.8) is 0 Å². The van der Waals surface area contributed by atoms with Gasteiger partial charge in [0.05, 0.1) is 13.2 Å². The molecule has 6 heteroatoms. The molecule has 162 valence electrons. The minimum atomic E-state index is -0.231. The van der Waals surface area contributed by atoms with Crippen molar-refractivity contribution in [1.82, 2.24) is 5.32 Å². The Morgan fingerprint density at radius 1 is 0.968 bits per heavy atom. The summed E-state index contributed by atoms with van der Waals surface area (Å²) in [6.45, 7) is 3.92. The zero-order valence-corrected chi connectivity index (χ0v) is 18.7. The van der Waals surface area contributed by atoms with Crippen molar-refractivity contribution in [2.45, 2.75) is 51.0 Å². The monoisotopic (exact) mass is 439 g/mol. The molecule has 4 rings (SSSR count). The van der Waals surface area contributed by atoms with Gasteiger partial charge in [-0.05, 0) is 61.6 Å². The zero-order valence-electron chi connectivity index (χ0n) is 17.9. The van der Waals surface area contributed by atoms with Gasteiger partial charge in [-0.25, -0.2) is 0 Å². The normalized spacial score (nSPS) is 21.1. The summed E-state index contributed by atoms with van der Waals surface area (Å²) in [5.74, 6) is 1.07. The average Bonchev–Trinajstić information content (AvgIpc) is 2.73. The lowest BCUT2D eigenvalue weighted by Crippen LogP contribution is -2.38. The van der Waals surface area contributed by atoms with Gasteiger partial charge in [-0.3, -0.25) is 9.59 Å². The lowest BCUT2D eigenvalue weighted by Gasteiger charge is -2.34. The van der Waals surface area contributed by atoms with E-state index < -0.39 is 0 Å². The predicted octanol–water partition coefficient (Wildman–Crippen LogP) is 5.14. The fraction of sp³-hybridized carbons (Fsp3) is 0.360. The van der Waals surface area contributed by atoms with Crippen molar-refractivity contribution in [3.05, 3.63) is 69.9 Å². The van der Waals surface area contributed by atoms with E-state index in [1.54, 1.807) is 19.2 Å². The van der Waals surface area contributed by atoms with Crippen LogP contribution in [0, 0.1) is 0 Å². The van der Waals surface area contributed by atoms with Crippen LogP contribution in [-0.4, -0.2) is 24.9 Å². The van der Waals surface area contributed by atoms with E-state index in [4.69, 9.17) is 21.1 Å². The van der Waals surface area contributed by atoms with Gasteiger partial charge in [0.15, 0.2) is 17.3 Å². The lowest BCUT2D eigenvalue weighted by molar-refractivity contribution is -0.122. The number of carbonyl (C=O) groups is 2. The average molecular weight is 440 g/mol. The SMILES string of the molecule is COc1cc(C2CC(=O)C3=C(C2)NC(=O)CC3c2ccc(Cl)cc2)ccc1OC(C)C. The molecule has 0 saturated heterocycles. The minimum Gasteiger partial charge on any atom is -0.493 e. The summed E-state index contributed by atoms with van der Waals surface area (Å²) in [5.41, 5.74) is 3.40. The van der Waals surface area contributed by atoms with Crippen LogP contribution in [0.5, 0.6) is 11.5 Å². The fourth-order valence-electron chi connectivity index (χ4n) is 4.47. The Labute approximate surface area is 187 Å². The van der Waals surface area contributed by atoms with Crippen LogP contribution in [0.15, 0.2) is 53.7 Å². The predicted molar refractivity (Wildman–Crippen MR) is 120 cm³/mol. The van der Waals surface area contributed by atoms with Crippen LogP contribution in [0.3, 0.4) is 0 Å². The third kappa shape index (κ3) is 4.47. The molecular weight excluding hydrogens is 414 g/mol. The first kappa shape index (κ1) is 21.4. The number of benzene rings is 2. The summed E-state index contributed by atoms with van der Waals surface area (Å²) in [6.07, 6.45) is 1.30. The number of hydrogen-bond acceptors (Lipinski definition) is 4. The van der Waals surface area contributed by atoms with Gasteiger partial charge in [-0.15, -0.1) is 0 Å². The number of methoxy groups -OCH3 is 1. The van der Waals surface area contributed by atoms with Crippen LogP contribution in [-0.2, 0) is 9.59 Å². The molecule has 0 bridgehead atoms. The highest BCUT2D eigenvalue weighted by Gasteiger charge is 2.38. The Morgan fingerprint density at radius 2 is 1.68 bits per heavy atom. The molecule has 2 aliphatic rings. The summed E-state index contributed by atoms with van der Waals surface area (Å²) in [4.78, 5) is 25.7. The molecule has 1 aliphatic heterocycles. The number of Topliss-reactive ketones (excluding diaryl/α,β-unsaturated/α-hetero) is 1. The van der Waals surface area contributed by atoms with Crippen LogP contribution in [0.4, 0.5) is 0 Å². The number of ether oxygens (including phenoxy) is 2. The third-order valence-corrected chi connectivity index (χ3v) is 6.08. The molecule has 5 nitrogen and oxygen atoms in total. The van der Waals surface area contributed by atoms with Gasteiger partial charge in [0.2, 0.25) is 5.91 Å². The van der Waals surface area contributed by atoms with Crippen LogP contribution in [0.2, 0.25) is 5.02 Å². The molecule has 0 fully saturated rings. The summed E-state index contributed by atoms with van der Waals surface area (Å²) in [7, 11) is 1.61. The first-order chi connectivity index (χ1) is 14.9. The summed E-state index contributed by atoms with van der Waals surface area (Å²) < 4.78 is 11.3. The Bertz CT molecular complexity index is 1040. The number of ketones is 1. The number of nitrogens with one attached hydrogen (secondary N) is 1. The number of halogens is 1. The molecule has 1 aliphatic carbocycles. The molecule has 1 amide bonds. The van der Waals surface area contributed by atoms with E-state index in [0.717, 1.165) is 22.4 Å². The molecule has 31 heavy (non-hydrogen) atoms. The molecule has 2 atom stereocenters. The summed E-state index contributed by atoms with van der Waals surface area (Å²) in [5, 5.41) is 3.60. The van der Waals surface area contributed by atoms with Gasteiger partial charge in [-0.1, -0.05) is 29.8 Å². The van der Waals surface area contributed by atoms with E-state index in [1.165, 1.54) is 0 Å². The van der Waals surface area contributed by atoms with E-state index in [9.17, 15) is 9.59 Å². The molecule has 1 N–H and O–H groups in total. The van der Waals surface area contributed by atoms with E-state index in [1.807, 2.05) is 44.2 Å². The fourth-order valence-corrected chi connectivity index (χ4v) is 4.59. The van der Waals surface area contributed by atoms with E-state index >= 15 is 0 Å². The van der Waals surface area contributed by atoms with Crippen LogP contribution < -0.4 is 14.8 Å². The Balaban J connectivity index is 1.65. The zero-order chi connectivity index (χ0) is 22.1. The highest BCUT2D eigenvalue weighted by Crippen LogP contribution is 2.44. The van der Waals surface area contributed by atoms with Gasteiger partial charge >= 0.3 is 0 Å². The van der Waals surface area contributed by atoms with E-state index in [0.29, 0.717) is 29.4 Å². The molecule has 0 radical (unpaired) electrons. The Morgan fingerprint density at radius 3 is 2.35 bits per heavy atom. The van der Waals surface area contributed by atoms with Gasteiger partial charge in [0.25, 0.3) is 0 Å². The Hall–Kier alpha value is -2.79. The molecule has 0 spiro atoms. The largest absolute Gasteiger partial charge is 0.493 e. The number of allylic oxidation sites excluding steroid dienone is 2. The van der Waals surface area contributed by atoms with E-state index in [2.05, 4.69) is 5.32 Å². The van der Waals surface area contributed by atoms with Crippen LogP contribution >= 0.6 is 11.6 Å². The maximum absolute atomic E-state index is 13.2. The van der Waals surface area contributed by atoms with Crippen molar-refractivity contribution in [2.75, 3.05) is 7.11 Å². The quantitative estimate of drug-likeness (QED) is 0.700. The molecule has 2 unspecified atom stereocenters.